The van der Waals surface area contributed by atoms with Gasteiger partial charge in [0, 0.05) is 38.1 Å². The number of carboxylic acids is 1. The summed E-state index contributed by atoms with van der Waals surface area (Å²) in [5, 5.41) is 11.8. The molecule has 8 heteroatoms. The van der Waals surface area contributed by atoms with Gasteiger partial charge in [-0.2, -0.15) is 0 Å². The number of carboxylic acid groups (broad SMARTS) is 1. The van der Waals surface area contributed by atoms with Gasteiger partial charge in [-0.3, -0.25) is 9.59 Å². The fraction of sp³-hybridized carbons (Fsp3) is 0.444. The van der Waals surface area contributed by atoms with E-state index in [0.29, 0.717) is 26.1 Å². The zero-order valence-corrected chi connectivity index (χ0v) is 19.6. The second-order valence-electron chi connectivity index (χ2n) is 9.79. The molecular formula is C27H30N2O6. The molecule has 0 aromatic heterocycles. The van der Waals surface area contributed by atoms with E-state index in [1.54, 1.807) is 4.90 Å². The monoisotopic (exact) mass is 478 g/mol. The van der Waals surface area contributed by atoms with E-state index >= 15 is 0 Å². The van der Waals surface area contributed by atoms with Gasteiger partial charge >= 0.3 is 12.1 Å². The Bertz CT molecular complexity index is 1070. The Morgan fingerprint density at radius 1 is 1.06 bits per heavy atom. The van der Waals surface area contributed by atoms with Crippen LogP contribution in [-0.4, -0.2) is 67.4 Å². The van der Waals surface area contributed by atoms with Crippen molar-refractivity contribution in [2.75, 3.05) is 39.5 Å². The molecule has 0 bridgehead atoms. The van der Waals surface area contributed by atoms with E-state index in [1.165, 1.54) is 0 Å². The number of carbonyl (C=O) groups excluding carboxylic acids is 2. The van der Waals surface area contributed by atoms with Gasteiger partial charge in [0.1, 0.15) is 6.61 Å². The minimum atomic E-state index is -0.852. The van der Waals surface area contributed by atoms with Crippen molar-refractivity contribution in [3.8, 4) is 11.1 Å². The van der Waals surface area contributed by atoms with Gasteiger partial charge in [-0.1, -0.05) is 48.5 Å². The number of aliphatic carboxylic acids is 1. The largest absolute Gasteiger partial charge is 0.481 e. The van der Waals surface area contributed by atoms with Crippen LogP contribution >= 0.6 is 0 Å². The Labute approximate surface area is 204 Å². The fourth-order valence-corrected chi connectivity index (χ4v) is 5.57. The number of likely N-dealkylation sites (tertiary alicyclic amines) is 1. The van der Waals surface area contributed by atoms with E-state index in [2.05, 4.69) is 29.6 Å². The summed E-state index contributed by atoms with van der Waals surface area (Å²) in [6, 6.07) is 16.3. The molecule has 0 radical (unpaired) electrons. The van der Waals surface area contributed by atoms with Crippen molar-refractivity contribution in [2.45, 2.75) is 25.2 Å². The fourth-order valence-electron chi connectivity index (χ4n) is 5.57. The minimum Gasteiger partial charge on any atom is -0.481 e. The Morgan fingerprint density at radius 3 is 2.31 bits per heavy atom. The van der Waals surface area contributed by atoms with E-state index in [1.807, 2.05) is 24.3 Å². The average molecular weight is 479 g/mol. The lowest BCUT2D eigenvalue weighted by molar-refractivity contribution is -0.158. The summed E-state index contributed by atoms with van der Waals surface area (Å²) < 4.78 is 11.3. The van der Waals surface area contributed by atoms with Crippen molar-refractivity contribution in [3.05, 3.63) is 59.7 Å². The van der Waals surface area contributed by atoms with Crippen molar-refractivity contribution in [1.82, 2.24) is 10.2 Å². The van der Waals surface area contributed by atoms with Crippen LogP contribution in [0.25, 0.3) is 11.1 Å². The highest BCUT2D eigenvalue weighted by Gasteiger charge is 2.46. The van der Waals surface area contributed by atoms with Crippen molar-refractivity contribution in [3.63, 3.8) is 0 Å². The predicted molar refractivity (Wildman–Crippen MR) is 128 cm³/mol. The SMILES string of the molecule is O=C(O)CC1CN(C(=O)C2(CNC(=O)OCC3c4ccccc4-c4ccccc43)CCCOC2)C1. The van der Waals surface area contributed by atoms with Gasteiger partial charge in [0.25, 0.3) is 0 Å². The second-order valence-corrected chi connectivity index (χ2v) is 9.79. The number of fused-ring (bicyclic) bond motifs is 3. The van der Waals surface area contributed by atoms with Gasteiger partial charge in [0.2, 0.25) is 5.91 Å². The summed E-state index contributed by atoms with van der Waals surface area (Å²) >= 11 is 0. The van der Waals surface area contributed by atoms with E-state index in [4.69, 9.17) is 14.6 Å². The highest BCUT2D eigenvalue weighted by Crippen LogP contribution is 2.44. The smallest absolute Gasteiger partial charge is 0.407 e. The van der Waals surface area contributed by atoms with Crippen LogP contribution in [0.2, 0.25) is 0 Å². The van der Waals surface area contributed by atoms with Gasteiger partial charge in [0.15, 0.2) is 0 Å². The van der Waals surface area contributed by atoms with Gasteiger partial charge < -0.3 is 24.8 Å². The maximum absolute atomic E-state index is 13.3. The summed E-state index contributed by atoms with van der Waals surface area (Å²) in [5.74, 6) is -0.991. The normalized spacial score (nSPS) is 21.5. The molecule has 2 aromatic rings. The molecule has 0 saturated carbocycles. The van der Waals surface area contributed by atoms with Crippen molar-refractivity contribution < 1.29 is 29.0 Å². The third-order valence-electron chi connectivity index (χ3n) is 7.40. The first-order valence-corrected chi connectivity index (χ1v) is 12.1. The van der Waals surface area contributed by atoms with Crippen LogP contribution < -0.4 is 5.32 Å². The van der Waals surface area contributed by atoms with Crippen LogP contribution in [-0.2, 0) is 19.1 Å². The van der Waals surface area contributed by atoms with E-state index < -0.39 is 17.5 Å². The number of amides is 2. The lowest BCUT2D eigenvalue weighted by Gasteiger charge is -2.46. The van der Waals surface area contributed by atoms with Gasteiger partial charge in [-0.05, 0) is 35.1 Å². The number of benzene rings is 2. The standard InChI is InChI=1S/C27H30N2O6/c30-24(31)12-18-13-29(14-18)25(32)27(10-5-11-34-17-27)16-28-26(33)35-15-23-21-8-3-1-6-19(21)20-7-2-4-9-22(20)23/h1-4,6-9,18,23H,5,10-17H2,(H,28,33)(H,30,31). The molecule has 184 valence electrons. The molecule has 2 aliphatic heterocycles. The summed E-state index contributed by atoms with van der Waals surface area (Å²) in [6.07, 6.45) is 0.836. The first kappa shape index (κ1) is 23.4. The summed E-state index contributed by atoms with van der Waals surface area (Å²) in [4.78, 5) is 38.6. The first-order valence-electron chi connectivity index (χ1n) is 12.1. The molecule has 1 unspecified atom stereocenters. The number of ether oxygens (including phenoxy) is 2. The predicted octanol–water partition coefficient (Wildman–Crippen LogP) is 3.26. The third kappa shape index (κ3) is 4.62. The van der Waals surface area contributed by atoms with Gasteiger partial charge in [0.05, 0.1) is 18.4 Å². The maximum Gasteiger partial charge on any atom is 0.407 e. The van der Waals surface area contributed by atoms with Crippen molar-refractivity contribution in [2.24, 2.45) is 11.3 Å². The summed E-state index contributed by atoms with van der Waals surface area (Å²) in [5.41, 5.74) is 3.76. The van der Waals surface area contributed by atoms with Crippen LogP contribution in [0.15, 0.2) is 48.5 Å². The van der Waals surface area contributed by atoms with Gasteiger partial charge in [-0.15, -0.1) is 0 Å². The Hall–Kier alpha value is -3.39. The van der Waals surface area contributed by atoms with Gasteiger partial charge in [-0.25, -0.2) is 4.79 Å². The number of hydrogen-bond donors (Lipinski definition) is 2. The number of nitrogens with zero attached hydrogens (tertiary/aromatic N) is 1. The molecule has 8 nitrogen and oxygen atoms in total. The van der Waals surface area contributed by atoms with E-state index in [9.17, 15) is 14.4 Å². The van der Waals surface area contributed by atoms with Crippen LogP contribution in [0.1, 0.15) is 36.3 Å². The van der Waals surface area contributed by atoms with Crippen LogP contribution in [0.4, 0.5) is 4.79 Å². The Morgan fingerprint density at radius 2 is 1.71 bits per heavy atom. The molecule has 1 aliphatic carbocycles. The van der Waals surface area contributed by atoms with Crippen molar-refractivity contribution >= 4 is 18.0 Å². The highest BCUT2D eigenvalue weighted by molar-refractivity contribution is 5.85. The molecule has 2 fully saturated rings. The lowest BCUT2D eigenvalue weighted by atomic mass is 9.79. The first-order chi connectivity index (χ1) is 17.0. The Kier molecular flexibility index (Phi) is 6.47. The third-order valence-corrected chi connectivity index (χ3v) is 7.40. The number of rotatable bonds is 7. The zero-order valence-electron chi connectivity index (χ0n) is 19.6. The minimum absolute atomic E-state index is 0.0203. The number of carbonyl (C=O) groups is 3. The van der Waals surface area contributed by atoms with Crippen molar-refractivity contribution in [1.29, 1.82) is 0 Å². The zero-order chi connectivity index (χ0) is 24.4. The quantitative estimate of drug-likeness (QED) is 0.633. The summed E-state index contributed by atoms with van der Waals surface area (Å²) in [7, 11) is 0. The molecule has 5 rings (SSSR count). The Balaban J connectivity index is 1.20. The number of hydrogen-bond acceptors (Lipinski definition) is 5. The molecule has 2 N–H and O–H groups in total. The molecule has 2 amide bonds. The second kappa shape index (κ2) is 9.70. The molecular weight excluding hydrogens is 448 g/mol. The van der Waals surface area contributed by atoms with E-state index in [-0.39, 0.29) is 43.9 Å². The molecule has 2 saturated heterocycles. The van der Waals surface area contributed by atoms with Crippen LogP contribution in [0.3, 0.4) is 0 Å². The number of alkyl carbamates (subject to hydrolysis) is 1. The lowest BCUT2D eigenvalue weighted by Crippen LogP contribution is -2.60. The topological polar surface area (TPSA) is 105 Å². The highest BCUT2D eigenvalue weighted by atomic mass is 16.5. The molecule has 2 aromatic carbocycles. The molecule has 2 heterocycles. The average Bonchev–Trinajstić information content (AvgIpc) is 3.17. The van der Waals surface area contributed by atoms with E-state index in [0.717, 1.165) is 28.7 Å². The number of nitrogens with one attached hydrogen (secondary N) is 1. The molecule has 35 heavy (non-hydrogen) atoms. The maximum atomic E-state index is 13.3. The van der Waals surface area contributed by atoms with Crippen LogP contribution in [0.5, 0.6) is 0 Å². The summed E-state index contributed by atoms with van der Waals surface area (Å²) in [6.45, 7) is 2.01. The molecule has 0 spiro atoms. The molecule has 1 atom stereocenters. The van der Waals surface area contributed by atoms with Crippen LogP contribution in [0, 0.1) is 11.3 Å². The molecule has 3 aliphatic rings.